The number of likely N-dealkylation sites (tertiary alicyclic amines) is 1. The van der Waals surface area contributed by atoms with Crippen LogP contribution in [0.4, 0.5) is 10.5 Å². The van der Waals surface area contributed by atoms with E-state index in [0.717, 1.165) is 25.9 Å². The topological polar surface area (TPSA) is 127 Å². The third-order valence-corrected chi connectivity index (χ3v) is 10.7. The van der Waals surface area contributed by atoms with E-state index in [-0.39, 0.29) is 58.5 Å². The number of piperidine rings is 1. The molecular weight excluding hydrogens is 695 g/mol. The normalized spacial score (nSPS) is 20.4. The quantitative estimate of drug-likeness (QED) is 0.336. The van der Waals surface area contributed by atoms with Crippen molar-refractivity contribution in [3.63, 3.8) is 0 Å². The number of carbonyl (C=O) groups excluding carboxylic acids is 2. The molecule has 2 fully saturated rings. The molecule has 49 heavy (non-hydrogen) atoms. The van der Waals surface area contributed by atoms with E-state index in [2.05, 4.69) is 21.8 Å². The number of carbonyl (C=O) groups is 2. The third-order valence-electron chi connectivity index (χ3n) is 9.12. The number of halogens is 2. The lowest BCUT2D eigenvalue weighted by Crippen LogP contribution is -2.55. The minimum atomic E-state index is -4.54. The molecule has 1 aromatic heterocycles. The number of anilines is 1. The van der Waals surface area contributed by atoms with Crippen LogP contribution in [0.1, 0.15) is 37.8 Å². The molecule has 6 rings (SSSR count). The van der Waals surface area contributed by atoms with Crippen molar-refractivity contribution in [3.05, 3.63) is 66.1 Å². The van der Waals surface area contributed by atoms with Crippen LogP contribution in [0.15, 0.2) is 60.0 Å². The number of imidazole rings is 1. The first-order chi connectivity index (χ1) is 22.4. The van der Waals surface area contributed by atoms with Crippen LogP contribution in [0.25, 0.3) is 0 Å². The molecule has 0 radical (unpaired) electrons. The van der Waals surface area contributed by atoms with Crippen molar-refractivity contribution in [2.75, 3.05) is 57.7 Å². The summed E-state index contributed by atoms with van der Waals surface area (Å²) in [5.74, 6) is -0.353. The maximum atomic E-state index is 15.0. The predicted molar refractivity (Wildman–Crippen MR) is 189 cm³/mol. The first-order valence-corrected chi connectivity index (χ1v) is 17.3. The Balaban J connectivity index is 0.00000270. The van der Waals surface area contributed by atoms with E-state index in [0.29, 0.717) is 42.3 Å². The number of aryl methyl sites for hydroxylation is 1. The molecule has 4 heterocycles. The van der Waals surface area contributed by atoms with Crippen molar-refractivity contribution >= 4 is 52.5 Å². The molecule has 16 heteroatoms. The van der Waals surface area contributed by atoms with E-state index in [1.807, 2.05) is 13.8 Å². The molecule has 2 amide bonds. The average molecular weight is 740 g/mol. The lowest BCUT2D eigenvalue weighted by atomic mass is 9.86. The smallest absolute Gasteiger partial charge is 0.411 e. The van der Waals surface area contributed by atoms with Gasteiger partial charge < -0.3 is 28.6 Å². The molecule has 1 unspecified atom stereocenters. The Bertz CT molecular complexity index is 1760. The van der Waals surface area contributed by atoms with Crippen LogP contribution in [-0.4, -0.2) is 110 Å². The SMILES string of the molecule is COc1ccc2c(c1)C(OC(=O)N1CCN(C3CCN(C)CC3)CC1)(c1ccccc1OC(C)C)C(=O)N2S(=O)(=O)c1cn(C)cn1.Cl.Cl. The molecule has 3 aliphatic heterocycles. The highest BCUT2D eigenvalue weighted by Gasteiger charge is 2.61. The van der Waals surface area contributed by atoms with Crippen molar-refractivity contribution in [2.45, 2.75) is 49.5 Å². The summed E-state index contributed by atoms with van der Waals surface area (Å²) in [4.78, 5) is 39.5. The van der Waals surface area contributed by atoms with Gasteiger partial charge in [0.05, 0.1) is 30.8 Å². The van der Waals surface area contributed by atoms with Crippen LogP contribution in [0.5, 0.6) is 11.5 Å². The highest BCUT2D eigenvalue weighted by molar-refractivity contribution is 7.93. The average Bonchev–Trinajstić information content (AvgIpc) is 3.61. The van der Waals surface area contributed by atoms with Gasteiger partial charge in [-0.3, -0.25) is 9.69 Å². The summed E-state index contributed by atoms with van der Waals surface area (Å²) in [6, 6.07) is 11.8. The summed E-state index contributed by atoms with van der Waals surface area (Å²) in [5, 5.41) is -0.325. The lowest BCUT2D eigenvalue weighted by molar-refractivity contribution is -0.132. The van der Waals surface area contributed by atoms with Crippen LogP contribution < -0.4 is 13.8 Å². The van der Waals surface area contributed by atoms with Crippen LogP contribution in [0.2, 0.25) is 0 Å². The zero-order valence-corrected chi connectivity index (χ0v) is 30.7. The summed E-state index contributed by atoms with van der Waals surface area (Å²) in [7, 11) is 0.686. The van der Waals surface area contributed by atoms with E-state index in [9.17, 15) is 18.0 Å². The van der Waals surface area contributed by atoms with Gasteiger partial charge in [0.1, 0.15) is 11.5 Å². The predicted octanol–water partition coefficient (Wildman–Crippen LogP) is 3.89. The van der Waals surface area contributed by atoms with Gasteiger partial charge in [-0.05, 0) is 71.1 Å². The van der Waals surface area contributed by atoms with Crippen LogP contribution in [-0.2, 0) is 32.2 Å². The number of rotatable bonds is 8. The van der Waals surface area contributed by atoms with Crippen molar-refractivity contribution in [2.24, 2.45) is 7.05 Å². The second-order valence-electron chi connectivity index (χ2n) is 12.6. The lowest BCUT2D eigenvalue weighted by Gasteiger charge is -2.42. The number of ether oxygens (including phenoxy) is 3. The summed E-state index contributed by atoms with van der Waals surface area (Å²) in [5.41, 5.74) is -1.86. The summed E-state index contributed by atoms with van der Waals surface area (Å²) < 4.78 is 48.5. The van der Waals surface area contributed by atoms with Crippen molar-refractivity contribution in [1.82, 2.24) is 24.3 Å². The molecule has 268 valence electrons. The Labute approximate surface area is 300 Å². The minimum absolute atomic E-state index is 0. The number of amides is 2. The Morgan fingerprint density at radius 1 is 0.959 bits per heavy atom. The van der Waals surface area contributed by atoms with Crippen molar-refractivity contribution < 1.29 is 32.2 Å². The second-order valence-corrected chi connectivity index (χ2v) is 14.3. The molecule has 0 spiro atoms. The second kappa shape index (κ2) is 15.1. The van der Waals surface area contributed by atoms with E-state index in [1.165, 1.54) is 30.3 Å². The first-order valence-electron chi connectivity index (χ1n) is 15.9. The molecule has 2 aromatic carbocycles. The maximum absolute atomic E-state index is 15.0. The monoisotopic (exact) mass is 738 g/mol. The van der Waals surface area contributed by atoms with E-state index >= 15 is 0 Å². The number of hydrogen-bond donors (Lipinski definition) is 0. The third kappa shape index (κ3) is 7.07. The summed E-state index contributed by atoms with van der Waals surface area (Å²) in [6.07, 6.45) is 3.77. The largest absolute Gasteiger partial charge is 0.497 e. The molecule has 13 nitrogen and oxygen atoms in total. The Kier molecular flexibility index (Phi) is 11.8. The Morgan fingerprint density at radius 2 is 1.63 bits per heavy atom. The number of nitrogens with zero attached hydrogens (tertiary/aromatic N) is 6. The standard InChI is InChI=1S/C33H42N6O7S.2ClH/c1-23(2)45-29-9-7-6-8-26(29)33(46-32(41)38-18-16-37(17-19-38)24-12-14-35(3)15-13-24)27-20-25(44-5)10-11-28(27)39(31(33)40)47(42,43)30-21-36(4)22-34-30;;/h6-11,20-24H,12-19H2,1-5H3;2*1H. The van der Waals surface area contributed by atoms with Crippen LogP contribution in [0, 0.1) is 0 Å². The molecule has 3 aromatic rings. The maximum Gasteiger partial charge on any atom is 0.411 e. The number of piperazine rings is 1. The number of aromatic nitrogens is 2. The minimum Gasteiger partial charge on any atom is -0.497 e. The Morgan fingerprint density at radius 3 is 2.24 bits per heavy atom. The van der Waals surface area contributed by atoms with E-state index in [1.54, 1.807) is 48.3 Å². The van der Waals surface area contributed by atoms with Crippen molar-refractivity contribution in [1.29, 1.82) is 0 Å². The number of fused-ring (bicyclic) bond motifs is 1. The molecule has 0 N–H and O–H groups in total. The molecule has 2 saturated heterocycles. The first kappa shape index (κ1) is 38.2. The highest BCUT2D eigenvalue weighted by Crippen LogP contribution is 2.52. The van der Waals surface area contributed by atoms with Crippen molar-refractivity contribution in [3.8, 4) is 11.5 Å². The van der Waals surface area contributed by atoms with Crippen LogP contribution >= 0.6 is 24.8 Å². The van der Waals surface area contributed by atoms with Gasteiger partial charge in [0.25, 0.3) is 15.9 Å². The number of methoxy groups -OCH3 is 1. The number of para-hydroxylation sites is 1. The fourth-order valence-corrected chi connectivity index (χ4v) is 8.11. The Hall–Kier alpha value is -3.56. The number of benzene rings is 2. The fourth-order valence-electron chi connectivity index (χ4n) is 6.68. The van der Waals surface area contributed by atoms with E-state index in [4.69, 9.17) is 14.2 Å². The highest BCUT2D eigenvalue weighted by atomic mass is 35.5. The molecule has 1 atom stereocenters. The van der Waals surface area contributed by atoms with Gasteiger partial charge in [-0.1, -0.05) is 18.2 Å². The summed E-state index contributed by atoms with van der Waals surface area (Å²) in [6.45, 7) is 7.90. The fraction of sp³-hybridized carbons (Fsp3) is 0.485. The van der Waals surface area contributed by atoms with E-state index < -0.39 is 27.6 Å². The number of hydrogen-bond acceptors (Lipinski definition) is 10. The zero-order valence-electron chi connectivity index (χ0n) is 28.3. The van der Waals surface area contributed by atoms with Gasteiger partial charge in [0.2, 0.25) is 5.60 Å². The zero-order chi connectivity index (χ0) is 33.5. The van der Waals surface area contributed by atoms with Gasteiger partial charge in [0.15, 0.2) is 5.03 Å². The molecule has 0 bridgehead atoms. The molecular formula is C33H44Cl2N6O7S. The van der Waals surface area contributed by atoms with Gasteiger partial charge in [-0.15, -0.1) is 24.8 Å². The van der Waals surface area contributed by atoms with Gasteiger partial charge in [0, 0.05) is 51.0 Å². The molecule has 0 aliphatic carbocycles. The van der Waals surface area contributed by atoms with Crippen LogP contribution in [0.3, 0.4) is 0 Å². The number of sulfonamides is 1. The summed E-state index contributed by atoms with van der Waals surface area (Å²) >= 11 is 0. The molecule has 3 aliphatic rings. The van der Waals surface area contributed by atoms with Gasteiger partial charge >= 0.3 is 6.09 Å². The van der Waals surface area contributed by atoms with Gasteiger partial charge in [-0.2, -0.15) is 12.7 Å². The molecule has 0 saturated carbocycles. The van der Waals surface area contributed by atoms with Gasteiger partial charge in [-0.25, -0.2) is 9.78 Å².